The van der Waals surface area contributed by atoms with Crippen LogP contribution in [0.3, 0.4) is 0 Å². The predicted octanol–water partition coefficient (Wildman–Crippen LogP) is 2.36. The zero-order valence-corrected chi connectivity index (χ0v) is 12.5. The number of aromatic nitrogens is 3. The first-order valence-corrected chi connectivity index (χ1v) is 7.75. The van der Waals surface area contributed by atoms with E-state index in [1.54, 1.807) is 10.9 Å². The summed E-state index contributed by atoms with van der Waals surface area (Å²) in [7, 11) is -1.44. The van der Waals surface area contributed by atoms with Crippen molar-refractivity contribution < 1.29 is 9.13 Å². The zero-order chi connectivity index (χ0) is 15.7. The first kappa shape index (κ1) is 14.3. The van der Waals surface area contributed by atoms with Gasteiger partial charge in [-0.25, -0.2) is 13.2 Å². The van der Waals surface area contributed by atoms with E-state index in [0.29, 0.717) is 11.3 Å². The molecule has 7 nitrogen and oxygen atoms in total. The van der Waals surface area contributed by atoms with Gasteiger partial charge in [-0.15, -0.1) is 0 Å². The predicted molar refractivity (Wildman–Crippen MR) is 82.6 cm³/mol. The molecule has 0 saturated carbocycles. The molecule has 0 fully saturated rings. The number of para-hydroxylation sites is 2. The van der Waals surface area contributed by atoms with Gasteiger partial charge in [-0.3, -0.25) is 15.1 Å². The molecule has 0 radical (unpaired) electrons. The van der Waals surface area contributed by atoms with Crippen LogP contribution >= 0.6 is 0 Å². The van der Waals surface area contributed by atoms with E-state index in [0.717, 1.165) is 11.0 Å². The average Bonchev–Trinajstić information content (AvgIpc) is 2.93. The maximum absolute atomic E-state index is 12.5. The zero-order valence-electron chi connectivity index (χ0n) is 11.7. The summed E-state index contributed by atoms with van der Waals surface area (Å²) in [6, 6.07) is 8.70. The van der Waals surface area contributed by atoms with E-state index in [-0.39, 0.29) is 11.4 Å². The summed E-state index contributed by atoms with van der Waals surface area (Å²) in [6.07, 6.45) is 2.87. The van der Waals surface area contributed by atoms with Gasteiger partial charge in [-0.1, -0.05) is 12.1 Å². The molecule has 0 amide bonds. The third kappa shape index (κ3) is 2.48. The van der Waals surface area contributed by atoms with Gasteiger partial charge in [0.25, 0.3) is 5.69 Å². The first-order chi connectivity index (χ1) is 10.6. The molecule has 0 saturated heterocycles. The fourth-order valence-corrected chi connectivity index (χ4v) is 3.39. The fourth-order valence-electron chi connectivity index (χ4n) is 2.20. The van der Waals surface area contributed by atoms with E-state index >= 15 is 0 Å². The van der Waals surface area contributed by atoms with Gasteiger partial charge in [-0.05, 0) is 19.1 Å². The summed E-state index contributed by atoms with van der Waals surface area (Å²) in [5, 5.41) is 10.9. The van der Waals surface area contributed by atoms with Crippen molar-refractivity contribution in [3.05, 3.63) is 64.2 Å². The molecule has 3 rings (SSSR count). The van der Waals surface area contributed by atoms with E-state index in [1.807, 2.05) is 24.3 Å². The molecule has 112 valence electrons. The minimum Gasteiger partial charge on any atom is -0.259 e. The lowest BCUT2D eigenvalue weighted by molar-refractivity contribution is -0.385. The molecule has 0 aliphatic carbocycles. The number of fused-ring (bicyclic) bond motifs is 1. The number of hydrogen-bond donors (Lipinski definition) is 0. The third-order valence-electron chi connectivity index (χ3n) is 3.38. The smallest absolute Gasteiger partial charge is 0.259 e. The normalized spacial score (nSPS) is 12.4. The van der Waals surface area contributed by atoms with E-state index in [9.17, 15) is 14.3 Å². The van der Waals surface area contributed by atoms with Crippen LogP contribution in [0.15, 0.2) is 42.9 Å². The molecule has 2 heterocycles. The number of hydrogen-bond acceptors (Lipinski definition) is 5. The summed E-state index contributed by atoms with van der Waals surface area (Å²) in [4.78, 5) is 18.8. The Morgan fingerprint density at radius 1 is 1.27 bits per heavy atom. The van der Waals surface area contributed by atoms with Gasteiger partial charge in [-0.2, -0.15) is 0 Å². The van der Waals surface area contributed by atoms with Crippen molar-refractivity contribution in [2.75, 3.05) is 0 Å². The van der Waals surface area contributed by atoms with E-state index in [4.69, 9.17) is 0 Å². The number of nitrogens with zero attached hydrogens (tertiary/aromatic N) is 4. The molecule has 1 aromatic carbocycles. The van der Waals surface area contributed by atoms with Crippen LogP contribution in [0.25, 0.3) is 11.0 Å². The molecule has 1 atom stereocenters. The van der Waals surface area contributed by atoms with Gasteiger partial charge in [0.15, 0.2) is 0 Å². The quantitative estimate of drug-likeness (QED) is 0.544. The minimum atomic E-state index is -1.44. The molecule has 3 aromatic rings. The highest BCUT2D eigenvalue weighted by Crippen LogP contribution is 2.21. The van der Waals surface area contributed by atoms with Crippen LogP contribution in [0.5, 0.6) is 0 Å². The van der Waals surface area contributed by atoms with Crippen molar-refractivity contribution in [2.45, 2.75) is 12.7 Å². The summed E-state index contributed by atoms with van der Waals surface area (Å²) in [6.45, 7) is 1.61. The Morgan fingerprint density at radius 2 is 2.05 bits per heavy atom. The van der Waals surface area contributed by atoms with Crippen LogP contribution in [0, 0.1) is 17.0 Å². The van der Waals surface area contributed by atoms with E-state index in [2.05, 4.69) is 9.97 Å². The van der Waals surface area contributed by atoms with Crippen molar-refractivity contribution in [1.29, 1.82) is 0 Å². The molecule has 0 aliphatic rings. The molecule has 0 spiro atoms. The Kier molecular flexibility index (Phi) is 3.68. The summed E-state index contributed by atoms with van der Waals surface area (Å²) in [5.41, 5.74) is 2.37. The van der Waals surface area contributed by atoms with Gasteiger partial charge in [0.05, 0.1) is 27.4 Å². The highest BCUT2D eigenvalue weighted by atomic mass is 32.2. The lowest BCUT2D eigenvalue weighted by atomic mass is 10.2. The maximum Gasteiger partial charge on any atom is 0.275 e. The van der Waals surface area contributed by atoms with Crippen LogP contribution in [0.2, 0.25) is 0 Å². The van der Waals surface area contributed by atoms with Crippen LogP contribution in [0.1, 0.15) is 11.3 Å². The fraction of sp³-hybridized carbons (Fsp3) is 0.143. The molecular formula is C14H12N4O3S. The second-order valence-corrected chi connectivity index (χ2v) is 6.01. The Labute approximate surface area is 128 Å². The summed E-state index contributed by atoms with van der Waals surface area (Å²) >= 11 is 0. The molecule has 8 heteroatoms. The van der Waals surface area contributed by atoms with Crippen LogP contribution in [-0.2, 0) is 16.7 Å². The summed E-state index contributed by atoms with van der Waals surface area (Å²) in [5.74, 6) is 0.0911. The highest BCUT2D eigenvalue weighted by molar-refractivity contribution is 7.82. The van der Waals surface area contributed by atoms with E-state index < -0.39 is 15.9 Å². The second-order valence-electron chi connectivity index (χ2n) is 4.68. The van der Waals surface area contributed by atoms with Gasteiger partial charge in [0.1, 0.15) is 17.3 Å². The summed E-state index contributed by atoms with van der Waals surface area (Å²) < 4.78 is 14.1. The molecule has 22 heavy (non-hydrogen) atoms. The molecule has 0 aliphatic heterocycles. The van der Waals surface area contributed by atoms with Gasteiger partial charge in [0.2, 0.25) is 0 Å². The second kappa shape index (κ2) is 5.64. The van der Waals surface area contributed by atoms with Crippen LogP contribution in [0.4, 0.5) is 5.69 Å². The number of imidazole rings is 1. The molecule has 0 bridgehead atoms. The Balaban J connectivity index is 1.95. The Hall–Kier alpha value is -2.61. The van der Waals surface area contributed by atoms with Crippen molar-refractivity contribution in [1.82, 2.24) is 13.9 Å². The SMILES string of the molecule is Cc1c([N+](=O)[O-])ccnc1CS(=O)n1cnc2ccccc21. The highest BCUT2D eigenvalue weighted by Gasteiger charge is 2.17. The molecule has 0 N–H and O–H groups in total. The third-order valence-corrected chi connectivity index (χ3v) is 4.63. The molecular weight excluding hydrogens is 304 g/mol. The van der Waals surface area contributed by atoms with Gasteiger partial charge in [0, 0.05) is 17.8 Å². The van der Waals surface area contributed by atoms with Gasteiger partial charge < -0.3 is 0 Å². The van der Waals surface area contributed by atoms with Crippen molar-refractivity contribution in [3.63, 3.8) is 0 Å². The van der Waals surface area contributed by atoms with E-state index in [1.165, 1.54) is 18.6 Å². The standard InChI is InChI=1S/C14H12N4O3S/c1-10-12(15-7-6-13(10)18(19)20)8-22(21)17-9-16-11-4-2-3-5-14(11)17/h2-7,9H,8H2,1H3. The number of pyridine rings is 1. The number of benzene rings is 1. The lowest BCUT2D eigenvalue weighted by Crippen LogP contribution is -2.09. The molecule has 1 unspecified atom stereocenters. The van der Waals surface area contributed by atoms with Crippen molar-refractivity contribution in [2.24, 2.45) is 0 Å². The Morgan fingerprint density at radius 3 is 2.82 bits per heavy atom. The van der Waals surface area contributed by atoms with Crippen LogP contribution < -0.4 is 0 Å². The van der Waals surface area contributed by atoms with Crippen molar-refractivity contribution >= 4 is 27.7 Å². The lowest BCUT2D eigenvalue weighted by Gasteiger charge is -2.06. The van der Waals surface area contributed by atoms with Crippen LogP contribution in [-0.4, -0.2) is 23.1 Å². The van der Waals surface area contributed by atoms with Crippen molar-refractivity contribution in [3.8, 4) is 0 Å². The number of rotatable bonds is 4. The van der Waals surface area contributed by atoms with Gasteiger partial charge >= 0.3 is 0 Å². The Bertz CT molecular complexity index is 891. The monoisotopic (exact) mass is 316 g/mol. The average molecular weight is 316 g/mol. The topological polar surface area (TPSA) is 90.9 Å². The first-order valence-electron chi connectivity index (χ1n) is 6.48. The minimum absolute atomic E-state index is 0.0162. The maximum atomic E-state index is 12.5. The largest absolute Gasteiger partial charge is 0.275 e. The number of nitro groups is 1. The molecule has 2 aromatic heterocycles.